The molecule has 1 aromatic carbocycles. The molecule has 0 spiro atoms. The highest BCUT2D eigenvalue weighted by atomic mass is 28.3. The molecule has 0 atom stereocenters. The van der Waals surface area contributed by atoms with Crippen molar-refractivity contribution in [3.05, 3.63) is 47.7 Å². The normalized spacial score (nSPS) is 10.9. The summed E-state index contributed by atoms with van der Waals surface area (Å²) in [6, 6.07) is 15.9. The molecule has 22 heavy (non-hydrogen) atoms. The number of benzene rings is 1. The van der Waals surface area contributed by atoms with Crippen LogP contribution < -0.4 is 0 Å². The lowest BCUT2D eigenvalue weighted by molar-refractivity contribution is 1.00. The van der Waals surface area contributed by atoms with Crippen LogP contribution in [0.1, 0.15) is 32.0 Å². The topological polar surface area (TPSA) is 25.8 Å². The van der Waals surface area contributed by atoms with Gasteiger partial charge in [-0.1, -0.05) is 57.0 Å². The number of aromatic nitrogens is 2. The van der Waals surface area contributed by atoms with Crippen LogP contribution in [0.2, 0.25) is 18.1 Å². The lowest BCUT2D eigenvalue weighted by atomic mass is 10.1. The van der Waals surface area contributed by atoms with Crippen molar-refractivity contribution < 1.29 is 0 Å². The molecule has 3 heteroatoms. The van der Waals surface area contributed by atoms with Gasteiger partial charge in [0.15, 0.2) is 0 Å². The molecule has 2 rings (SSSR count). The van der Waals surface area contributed by atoms with E-state index in [1.165, 1.54) is 18.1 Å². The van der Waals surface area contributed by atoms with Crippen LogP contribution in [0.3, 0.4) is 0 Å². The Balaban J connectivity index is 2.32. The highest BCUT2D eigenvalue weighted by Gasteiger charge is 2.24. The molecule has 0 saturated carbocycles. The van der Waals surface area contributed by atoms with Crippen molar-refractivity contribution in [3.8, 4) is 22.7 Å². The van der Waals surface area contributed by atoms with Gasteiger partial charge in [-0.25, -0.2) is 0 Å². The van der Waals surface area contributed by atoms with E-state index in [0.29, 0.717) is 0 Å². The summed E-state index contributed by atoms with van der Waals surface area (Å²) in [5.41, 5.74) is 7.52. The maximum atomic E-state index is 4.36. The highest BCUT2D eigenvalue weighted by molar-refractivity contribution is 6.87. The van der Waals surface area contributed by atoms with Gasteiger partial charge in [-0.15, -0.1) is 15.7 Å². The van der Waals surface area contributed by atoms with E-state index in [0.717, 1.165) is 22.5 Å². The summed E-state index contributed by atoms with van der Waals surface area (Å²) in [5, 5.41) is 8.71. The van der Waals surface area contributed by atoms with Gasteiger partial charge in [0, 0.05) is 5.56 Å². The molecule has 0 unspecified atom stereocenters. The second-order valence-corrected chi connectivity index (χ2v) is 10.7. The third-order valence-electron chi connectivity index (χ3n) is 4.53. The zero-order valence-corrected chi connectivity index (χ0v) is 15.0. The largest absolute Gasteiger partial charge is 0.149 e. The minimum absolute atomic E-state index is 0.826. The maximum Gasteiger partial charge on any atom is 0.138 e. The van der Waals surface area contributed by atoms with Crippen molar-refractivity contribution in [1.82, 2.24) is 10.2 Å². The molecule has 0 aliphatic rings. The lowest BCUT2D eigenvalue weighted by Crippen LogP contribution is -2.29. The molecule has 1 aromatic heterocycles. The van der Waals surface area contributed by atoms with Crippen LogP contribution in [0.25, 0.3) is 11.3 Å². The molecule has 2 aromatic rings. The molecule has 1 heterocycles. The smallest absolute Gasteiger partial charge is 0.138 e. The Morgan fingerprint density at radius 3 is 2.14 bits per heavy atom. The zero-order chi connectivity index (χ0) is 16.0. The number of aryl methyl sites for hydroxylation is 1. The van der Waals surface area contributed by atoms with E-state index in [4.69, 9.17) is 0 Å². The minimum Gasteiger partial charge on any atom is -0.149 e. The van der Waals surface area contributed by atoms with Crippen LogP contribution in [-0.2, 0) is 0 Å². The van der Waals surface area contributed by atoms with Crippen molar-refractivity contribution in [2.75, 3.05) is 0 Å². The SMILES string of the molecule is CC[Si](C#Cc1nnc(-c2ccccc2)cc1C)(CC)CC. The van der Waals surface area contributed by atoms with E-state index in [2.05, 4.69) is 67.6 Å². The van der Waals surface area contributed by atoms with Gasteiger partial charge >= 0.3 is 0 Å². The monoisotopic (exact) mass is 308 g/mol. The van der Waals surface area contributed by atoms with E-state index in [1.54, 1.807) is 0 Å². The molecule has 0 fully saturated rings. The fraction of sp³-hybridized carbons (Fsp3) is 0.368. The third kappa shape index (κ3) is 3.64. The fourth-order valence-corrected chi connectivity index (χ4v) is 4.98. The van der Waals surface area contributed by atoms with Gasteiger partial charge in [0.25, 0.3) is 0 Å². The van der Waals surface area contributed by atoms with Gasteiger partial charge in [0.05, 0.1) is 5.69 Å². The Morgan fingerprint density at radius 1 is 0.955 bits per heavy atom. The second kappa shape index (κ2) is 7.37. The molecule has 0 bridgehead atoms. The molecular formula is C19H24N2Si. The van der Waals surface area contributed by atoms with E-state index < -0.39 is 8.07 Å². The van der Waals surface area contributed by atoms with Crippen LogP contribution in [-0.4, -0.2) is 18.3 Å². The lowest BCUT2D eigenvalue weighted by Gasteiger charge is -2.19. The van der Waals surface area contributed by atoms with Gasteiger partial charge in [0.1, 0.15) is 13.8 Å². The van der Waals surface area contributed by atoms with Crippen molar-refractivity contribution in [2.24, 2.45) is 0 Å². The maximum absolute atomic E-state index is 4.36. The summed E-state index contributed by atoms with van der Waals surface area (Å²) in [7, 11) is -1.43. The Hall–Kier alpha value is -1.92. The van der Waals surface area contributed by atoms with Gasteiger partial charge in [0.2, 0.25) is 0 Å². The first-order valence-electron chi connectivity index (χ1n) is 8.07. The van der Waals surface area contributed by atoms with Crippen LogP contribution in [0.4, 0.5) is 0 Å². The minimum atomic E-state index is -1.43. The molecule has 114 valence electrons. The molecule has 0 radical (unpaired) electrons. The number of rotatable bonds is 4. The predicted octanol–water partition coefficient (Wildman–Crippen LogP) is 4.85. The molecule has 0 N–H and O–H groups in total. The molecular weight excluding hydrogens is 284 g/mol. The second-order valence-electron chi connectivity index (χ2n) is 5.72. The summed E-state index contributed by atoms with van der Waals surface area (Å²) in [5.74, 6) is 3.32. The highest BCUT2D eigenvalue weighted by Crippen LogP contribution is 2.20. The Morgan fingerprint density at radius 2 is 1.59 bits per heavy atom. The zero-order valence-electron chi connectivity index (χ0n) is 14.0. The number of hydrogen-bond acceptors (Lipinski definition) is 2. The molecule has 0 aliphatic carbocycles. The summed E-state index contributed by atoms with van der Waals surface area (Å²) < 4.78 is 0. The van der Waals surface area contributed by atoms with Gasteiger partial charge in [-0.05, 0) is 36.7 Å². The summed E-state index contributed by atoms with van der Waals surface area (Å²) in [4.78, 5) is 0. The standard InChI is InChI=1S/C19H24N2Si/c1-5-22(6-2,7-3)14-13-18-16(4)15-19(21-20-18)17-11-9-8-10-12-17/h8-12,15H,5-7H2,1-4H3. The summed E-state index contributed by atoms with van der Waals surface area (Å²) in [6.45, 7) is 8.87. The van der Waals surface area contributed by atoms with Crippen LogP contribution in [0.5, 0.6) is 0 Å². The Kier molecular flexibility index (Phi) is 5.51. The van der Waals surface area contributed by atoms with E-state index >= 15 is 0 Å². The fourth-order valence-electron chi connectivity index (χ4n) is 2.57. The predicted molar refractivity (Wildman–Crippen MR) is 96.3 cm³/mol. The van der Waals surface area contributed by atoms with Crippen molar-refractivity contribution in [3.63, 3.8) is 0 Å². The van der Waals surface area contributed by atoms with E-state index in [9.17, 15) is 0 Å². The van der Waals surface area contributed by atoms with Crippen molar-refractivity contribution >= 4 is 8.07 Å². The average molecular weight is 309 g/mol. The Bertz CT molecular complexity index is 671. The van der Waals surface area contributed by atoms with Crippen LogP contribution in [0, 0.1) is 18.4 Å². The van der Waals surface area contributed by atoms with Gasteiger partial charge in [-0.2, -0.15) is 0 Å². The van der Waals surface area contributed by atoms with Gasteiger partial charge in [-0.3, -0.25) is 0 Å². The Labute approximate surface area is 135 Å². The summed E-state index contributed by atoms with van der Waals surface area (Å²) in [6.07, 6.45) is 0. The first kappa shape index (κ1) is 16.4. The summed E-state index contributed by atoms with van der Waals surface area (Å²) >= 11 is 0. The van der Waals surface area contributed by atoms with Gasteiger partial charge < -0.3 is 0 Å². The molecule has 0 aliphatic heterocycles. The molecule has 0 saturated heterocycles. The number of nitrogens with zero attached hydrogens (tertiary/aromatic N) is 2. The first-order chi connectivity index (χ1) is 10.6. The molecule has 0 amide bonds. The van der Waals surface area contributed by atoms with E-state index in [1.807, 2.05) is 18.2 Å². The van der Waals surface area contributed by atoms with Crippen LogP contribution >= 0.6 is 0 Å². The molecule has 2 nitrogen and oxygen atoms in total. The average Bonchev–Trinajstić information content (AvgIpc) is 2.58. The van der Waals surface area contributed by atoms with Crippen molar-refractivity contribution in [2.45, 2.75) is 45.8 Å². The van der Waals surface area contributed by atoms with Crippen LogP contribution in [0.15, 0.2) is 36.4 Å². The quantitative estimate of drug-likeness (QED) is 0.596. The first-order valence-corrected chi connectivity index (χ1v) is 10.7. The van der Waals surface area contributed by atoms with E-state index in [-0.39, 0.29) is 0 Å². The number of hydrogen-bond donors (Lipinski definition) is 0. The third-order valence-corrected chi connectivity index (χ3v) is 9.25. The van der Waals surface area contributed by atoms with Crippen molar-refractivity contribution in [1.29, 1.82) is 0 Å².